The van der Waals surface area contributed by atoms with Gasteiger partial charge in [0.2, 0.25) is 5.91 Å². The number of aromatic nitrogens is 2. The predicted molar refractivity (Wildman–Crippen MR) is 95.7 cm³/mol. The third-order valence-corrected chi connectivity index (χ3v) is 5.25. The number of piperazine rings is 1. The number of amides is 1. The van der Waals surface area contributed by atoms with Gasteiger partial charge in [0.25, 0.3) is 0 Å². The Kier molecular flexibility index (Phi) is 5.40. The van der Waals surface area contributed by atoms with Gasteiger partial charge in [0.15, 0.2) is 11.0 Å². The maximum atomic E-state index is 12.6. The first-order valence-corrected chi connectivity index (χ1v) is 8.95. The monoisotopic (exact) mass is 352 g/mol. The van der Waals surface area contributed by atoms with Crippen LogP contribution in [0.2, 0.25) is 5.15 Å². The van der Waals surface area contributed by atoms with Crippen LogP contribution in [0.1, 0.15) is 19.8 Å². The molecular formula is C16H25ClN6O. The van der Waals surface area contributed by atoms with Crippen LogP contribution in [0.3, 0.4) is 0 Å². The van der Waals surface area contributed by atoms with Crippen molar-refractivity contribution in [2.24, 2.45) is 0 Å². The van der Waals surface area contributed by atoms with Crippen molar-refractivity contribution in [2.75, 3.05) is 56.5 Å². The van der Waals surface area contributed by atoms with E-state index in [0.29, 0.717) is 5.15 Å². The minimum Gasteiger partial charge on any atom is -0.383 e. The van der Waals surface area contributed by atoms with Gasteiger partial charge in [-0.3, -0.25) is 9.69 Å². The number of hydrogen-bond donors (Lipinski definition) is 1. The van der Waals surface area contributed by atoms with Gasteiger partial charge >= 0.3 is 0 Å². The van der Waals surface area contributed by atoms with Crippen LogP contribution in [-0.4, -0.2) is 78.0 Å². The zero-order chi connectivity index (χ0) is 17.1. The van der Waals surface area contributed by atoms with Crippen molar-refractivity contribution in [2.45, 2.75) is 25.8 Å². The summed E-state index contributed by atoms with van der Waals surface area (Å²) in [4.78, 5) is 27.4. The molecule has 2 fully saturated rings. The predicted octanol–water partition coefficient (Wildman–Crippen LogP) is 1.30. The smallest absolute Gasteiger partial charge is 0.239 e. The Balaban J connectivity index is 1.61. The van der Waals surface area contributed by atoms with E-state index in [1.165, 1.54) is 6.33 Å². The van der Waals surface area contributed by atoms with E-state index in [9.17, 15) is 4.79 Å². The number of anilines is 2. The van der Waals surface area contributed by atoms with E-state index in [-0.39, 0.29) is 11.9 Å². The average molecular weight is 353 g/mol. The molecule has 3 rings (SSSR count). The normalized spacial score (nSPS) is 20.3. The summed E-state index contributed by atoms with van der Waals surface area (Å²) in [6.45, 7) is 7.16. The lowest BCUT2D eigenvalue weighted by molar-refractivity contribution is -0.135. The van der Waals surface area contributed by atoms with Crippen LogP contribution < -0.4 is 10.2 Å². The van der Waals surface area contributed by atoms with Crippen LogP contribution in [-0.2, 0) is 4.79 Å². The summed E-state index contributed by atoms with van der Waals surface area (Å²) in [7, 11) is 1.82. The second-order valence-corrected chi connectivity index (χ2v) is 6.70. The zero-order valence-corrected chi connectivity index (χ0v) is 15.1. The highest BCUT2D eigenvalue weighted by molar-refractivity contribution is 6.32. The molecule has 1 unspecified atom stereocenters. The standard InChI is InChI=1S/C16H25ClN6O/c1-12(16(24)23-5-3-4-6-23)21-7-9-22(10-8-21)15-13(18-2)14(17)19-11-20-15/h11-12,18H,3-10H2,1-2H3. The van der Waals surface area contributed by atoms with Crippen molar-refractivity contribution in [1.29, 1.82) is 0 Å². The van der Waals surface area contributed by atoms with Crippen molar-refractivity contribution < 1.29 is 4.79 Å². The largest absolute Gasteiger partial charge is 0.383 e. The fourth-order valence-corrected chi connectivity index (χ4v) is 3.71. The number of nitrogens with one attached hydrogen (secondary N) is 1. The third-order valence-electron chi connectivity index (χ3n) is 4.97. The van der Waals surface area contributed by atoms with Gasteiger partial charge < -0.3 is 15.1 Å². The van der Waals surface area contributed by atoms with Crippen molar-refractivity contribution in [1.82, 2.24) is 19.8 Å². The Morgan fingerprint density at radius 3 is 2.46 bits per heavy atom. The SMILES string of the molecule is CNc1c(Cl)ncnc1N1CCN(C(C)C(=O)N2CCCC2)CC1. The molecule has 1 amide bonds. The molecule has 1 aromatic heterocycles. The number of carbonyl (C=O) groups excluding carboxylic acids is 1. The Morgan fingerprint density at radius 2 is 1.83 bits per heavy atom. The van der Waals surface area contributed by atoms with Crippen molar-refractivity contribution >= 4 is 29.0 Å². The summed E-state index contributed by atoms with van der Waals surface area (Å²) in [5, 5.41) is 3.51. The second kappa shape index (κ2) is 7.53. The highest BCUT2D eigenvalue weighted by Gasteiger charge is 2.30. The highest BCUT2D eigenvalue weighted by Crippen LogP contribution is 2.29. The number of carbonyl (C=O) groups is 1. The molecule has 0 aliphatic carbocycles. The van der Waals surface area contributed by atoms with Gasteiger partial charge in [0.05, 0.1) is 6.04 Å². The highest BCUT2D eigenvalue weighted by atomic mass is 35.5. The lowest BCUT2D eigenvalue weighted by Gasteiger charge is -2.39. The molecule has 132 valence electrons. The molecule has 3 heterocycles. The van der Waals surface area contributed by atoms with E-state index in [1.54, 1.807) is 0 Å². The molecule has 0 spiro atoms. The van der Waals surface area contributed by atoms with E-state index in [4.69, 9.17) is 11.6 Å². The number of halogens is 1. The summed E-state index contributed by atoms with van der Waals surface area (Å²) >= 11 is 6.14. The maximum Gasteiger partial charge on any atom is 0.239 e. The lowest BCUT2D eigenvalue weighted by atomic mass is 10.2. The minimum absolute atomic E-state index is 0.0528. The summed E-state index contributed by atoms with van der Waals surface area (Å²) < 4.78 is 0. The van der Waals surface area contributed by atoms with Crippen molar-refractivity contribution in [3.05, 3.63) is 11.5 Å². The first-order valence-electron chi connectivity index (χ1n) is 8.58. The van der Waals surface area contributed by atoms with Crippen LogP contribution in [0.4, 0.5) is 11.5 Å². The molecule has 0 radical (unpaired) electrons. The summed E-state index contributed by atoms with van der Waals surface area (Å²) in [6, 6.07) is -0.0528. The number of nitrogens with zero attached hydrogens (tertiary/aromatic N) is 5. The number of likely N-dealkylation sites (tertiary alicyclic amines) is 1. The van der Waals surface area contributed by atoms with Crippen LogP contribution in [0, 0.1) is 0 Å². The van der Waals surface area contributed by atoms with E-state index in [2.05, 4.69) is 25.1 Å². The first kappa shape index (κ1) is 17.2. The van der Waals surface area contributed by atoms with E-state index in [1.807, 2.05) is 18.9 Å². The molecule has 0 bridgehead atoms. The fraction of sp³-hybridized carbons (Fsp3) is 0.688. The topological polar surface area (TPSA) is 64.6 Å². The fourth-order valence-electron chi connectivity index (χ4n) is 3.49. The van der Waals surface area contributed by atoms with E-state index < -0.39 is 0 Å². The van der Waals surface area contributed by atoms with Gasteiger partial charge in [-0.25, -0.2) is 9.97 Å². The van der Waals surface area contributed by atoms with Gasteiger partial charge in [-0.1, -0.05) is 11.6 Å². The molecule has 2 aliphatic heterocycles. The third kappa shape index (κ3) is 3.42. The number of rotatable bonds is 4. The number of hydrogen-bond acceptors (Lipinski definition) is 6. The van der Waals surface area contributed by atoms with Gasteiger partial charge in [0, 0.05) is 46.3 Å². The summed E-state index contributed by atoms with van der Waals surface area (Å²) in [5.74, 6) is 1.10. The van der Waals surface area contributed by atoms with Crippen LogP contribution in [0.15, 0.2) is 6.33 Å². The van der Waals surface area contributed by atoms with Crippen LogP contribution in [0.25, 0.3) is 0 Å². The average Bonchev–Trinajstić information content (AvgIpc) is 3.15. The van der Waals surface area contributed by atoms with Crippen LogP contribution in [0.5, 0.6) is 0 Å². The van der Waals surface area contributed by atoms with E-state index in [0.717, 1.165) is 63.6 Å². The van der Waals surface area contributed by atoms with Gasteiger partial charge in [-0.2, -0.15) is 0 Å². The maximum absolute atomic E-state index is 12.6. The Bertz CT molecular complexity index is 584. The van der Waals surface area contributed by atoms with Crippen molar-refractivity contribution in [3.8, 4) is 0 Å². The summed E-state index contributed by atoms with van der Waals surface area (Å²) in [5.41, 5.74) is 0.758. The van der Waals surface area contributed by atoms with Gasteiger partial charge in [-0.05, 0) is 19.8 Å². The Hall–Kier alpha value is -1.60. The van der Waals surface area contributed by atoms with Crippen molar-refractivity contribution in [3.63, 3.8) is 0 Å². The molecule has 0 aromatic carbocycles. The molecule has 1 N–H and O–H groups in total. The summed E-state index contributed by atoms with van der Waals surface area (Å²) in [6.07, 6.45) is 3.76. The van der Waals surface area contributed by atoms with Gasteiger partial charge in [-0.15, -0.1) is 0 Å². The molecule has 7 nitrogen and oxygen atoms in total. The molecular weight excluding hydrogens is 328 g/mol. The quantitative estimate of drug-likeness (QED) is 0.824. The second-order valence-electron chi connectivity index (χ2n) is 6.34. The minimum atomic E-state index is -0.0528. The van der Waals surface area contributed by atoms with E-state index >= 15 is 0 Å². The Labute approximate surface area is 148 Å². The first-order chi connectivity index (χ1) is 11.6. The molecule has 1 atom stereocenters. The molecule has 24 heavy (non-hydrogen) atoms. The molecule has 8 heteroatoms. The molecule has 0 saturated carbocycles. The zero-order valence-electron chi connectivity index (χ0n) is 14.3. The Morgan fingerprint density at radius 1 is 1.17 bits per heavy atom. The molecule has 1 aromatic rings. The molecule has 2 saturated heterocycles. The van der Waals surface area contributed by atoms with Crippen LogP contribution >= 0.6 is 11.6 Å². The molecule has 2 aliphatic rings. The lowest BCUT2D eigenvalue weighted by Crippen LogP contribution is -2.54. The van der Waals surface area contributed by atoms with Gasteiger partial charge in [0.1, 0.15) is 12.0 Å².